The highest BCUT2D eigenvalue weighted by Crippen LogP contribution is 2.41. The van der Waals surface area contributed by atoms with Gasteiger partial charge in [0, 0.05) is 21.9 Å². The summed E-state index contributed by atoms with van der Waals surface area (Å²) in [5.41, 5.74) is 1.96. The van der Waals surface area contributed by atoms with Crippen LogP contribution in [0.1, 0.15) is 33.4 Å². The average Bonchev–Trinajstić information content (AvgIpc) is 3.17. The molecule has 0 bridgehead atoms. The molecule has 2 aromatic carbocycles. The van der Waals surface area contributed by atoms with Gasteiger partial charge in [0.25, 0.3) is 11.8 Å². The molecule has 0 unspecified atom stereocenters. The number of amides is 2. The van der Waals surface area contributed by atoms with E-state index in [1.165, 1.54) is 0 Å². The summed E-state index contributed by atoms with van der Waals surface area (Å²) in [4.78, 5) is 29.1. The summed E-state index contributed by atoms with van der Waals surface area (Å²) in [6, 6.07) is 16.7. The topological polar surface area (TPSA) is 62.6 Å². The Morgan fingerprint density at radius 2 is 1.96 bits per heavy atom. The summed E-state index contributed by atoms with van der Waals surface area (Å²) >= 11 is 1.55. The molecule has 1 aromatic heterocycles. The van der Waals surface area contributed by atoms with Crippen molar-refractivity contribution in [3.05, 3.63) is 77.7 Å². The minimum atomic E-state index is -0.204. The van der Waals surface area contributed by atoms with Crippen molar-refractivity contribution in [1.82, 2.24) is 5.32 Å². The van der Waals surface area contributed by atoms with Crippen molar-refractivity contribution in [3.8, 4) is 0 Å². The highest BCUT2D eigenvalue weighted by Gasteiger charge is 2.26. The van der Waals surface area contributed by atoms with Crippen LogP contribution in [0.15, 0.2) is 75.1 Å². The Morgan fingerprint density at radius 3 is 2.74 bits per heavy atom. The number of nitrogens with one attached hydrogen (secondary N) is 1. The van der Waals surface area contributed by atoms with E-state index in [1.807, 2.05) is 43.3 Å². The molecule has 0 fully saturated rings. The van der Waals surface area contributed by atoms with Gasteiger partial charge in [0.15, 0.2) is 0 Å². The highest BCUT2D eigenvalue weighted by atomic mass is 32.2. The standard InChI is InChI=1S/C21H18N2O3S/c1-2-23-17-12-14(20(24)22-13-15-6-5-11-26-15)9-10-19(17)27-18-8-4-3-7-16(18)21(23)25/h3-12H,2,13H2,1H3,(H,22,24). The molecular weight excluding hydrogens is 360 g/mol. The molecule has 1 N–H and O–H groups in total. The van der Waals surface area contributed by atoms with Crippen LogP contribution in [0.2, 0.25) is 0 Å². The maximum atomic E-state index is 13.0. The molecule has 3 aromatic rings. The summed E-state index contributed by atoms with van der Waals surface area (Å²) in [5.74, 6) is 0.437. The molecular formula is C21H18N2O3S. The largest absolute Gasteiger partial charge is 0.467 e. The molecule has 0 saturated carbocycles. The molecule has 2 amide bonds. The van der Waals surface area contributed by atoms with Crippen molar-refractivity contribution in [2.75, 3.05) is 11.4 Å². The van der Waals surface area contributed by atoms with Crippen LogP contribution >= 0.6 is 11.8 Å². The minimum Gasteiger partial charge on any atom is -0.467 e. The van der Waals surface area contributed by atoms with Gasteiger partial charge in [-0.25, -0.2) is 0 Å². The van der Waals surface area contributed by atoms with Crippen LogP contribution in [-0.2, 0) is 6.54 Å². The number of fused-ring (bicyclic) bond motifs is 2. The molecule has 6 heteroatoms. The van der Waals surface area contributed by atoms with Crippen LogP contribution in [-0.4, -0.2) is 18.4 Å². The zero-order valence-corrected chi connectivity index (χ0v) is 15.6. The number of carbonyl (C=O) groups is 2. The second-order valence-corrected chi connectivity index (χ2v) is 7.18. The quantitative estimate of drug-likeness (QED) is 0.734. The lowest BCUT2D eigenvalue weighted by atomic mass is 10.1. The lowest BCUT2D eigenvalue weighted by Crippen LogP contribution is -2.31. The Bertz CT molecular complexity index is 998. The van der Waals surface area contributed by atoms with Gasteiger partial charge >= 0.3 is 0 Å². The van der Waals surface area contributed by atoms with E-state index < -0.39 is 0 Å². The predicted molar refractivity (Wildman–Crippen MR) is 104 cm³/mol. The van der Waals surface area contributed by atoms with Crippen LogP contribution in [0.5, 0.6) is 0 Å². The molecule has 0 saturated heterocycles. The van der Waals surface area contributed by atoms with E-state index in [2.05, 4.69) is 5.32 Å². The molecule has 1 aliphatic heterocycles. The Kier molecular flexibility index (Phi) is 4.73. The van der Waals surface area contributed by atoms with Crippen LogP contribution in [0, 0.1) is 0 Å². The summed E-state index contributed by atoms with van der Waals surface area (Å²) in [6.07, 6.45) is 1.57. The van der Waals surface area contributed by atoms with Gasteiger partial charge in [0.05, 0.1) is 24.1 Å². The molecule has 1 aliphatic rings. The number of anilines is 1. The molecule has 0 aliphatic carbocycles. The molecule has 0 radical (unpaired) electrons. The lowest BCUT2D eigenvalue weighted by Gasteiger charge is -2.21. The highest BCUT2D eigenvalue weighted by molar-refractivity contribution is 7.99. The summed E-state index contributed by atoms with van der Waals surface area (Å²) < 4.78 is 5.24. The molecule has 0 spiro atoms. The van der Waals surface area contributed by atoms with Gasteiger partial charge in [-0.3, -0.25) is 9.59 Å². The summed E-state index contributed by atoms with van der Waals surface area (Å²) in [6.45, 7) is 2.78. The van der Waals surface area contributed by atoms with Gasteiger partial charge in [-0.15, -0.1) is 0 Å². The maximum absolute atomic E-state index is 13.0. The third-order valence-corrected chi connectivity index (χ3v) is 5.56. The number of rotatable bonds is 4. The van der Waals surface area contributed by atoms with Crippen molar-refractivity contribution >= 4 is 29.3 Å². The van der Waals surface area contributed by atoms with Gasteiger partial charge < -0.3 is 14.6 Å². The van der Waals surface area contributed by atoms with Crippen molar-refractivity contribution < 1.29 is 14.0 Å². The molecule has 2 heterocycles. The third kappa shape index (κ3) is 3.36. The molecule has 136 valence electrons. The second kappa shape index (κ2) is 7.32. The van der Waals surface area contributed by atoms with Gasteiger partial charge in [0.1, 0.15) is 5.76 Å². The molecule has 0 atom stereocenters. The predicted octanol–water partition coefficient (Wildman–Crippen LogP) is 4.34. The van der Waals surface area contributed by atoms with Crippen molar-refractivity contribution in [2.45, 2.75) is 23.3 Å². The number of furan rings is 1. The van der Waals surface area contributed by atoms with Crippen LogP contribution in [0.3, 0.4) is 0 Å². The fourth-order valence-corrected chi connectivity index (χ4v) is 4.12. The van der Waals surface area contributed by atoms with Crippen molar-refractivity contribution in [1.29, 1.82) is 0 Å². The van der Waals surface area contributed by atoms with Gasteiger partial charge in [0.2, 0.25) is 0 Å². The summed E-state index contributed by atoms with van der Waals surface area (Å²) in [5, 5.41) is 2.84. The van der Waals surface area contributed by atoms with E-state index in [1.54, 1.807) is 41.1 Å². The smallest absolute Gasteiger partial charge is 0.259 e. The van der Waals surface area contributed by atoms with Gasteiger partial charge in [-0.2, -0.15) is 0 Å². The van der Waals surface area contributed by atoms with Gasteiger partial charge in [-0.1, -0.05) is 23.9 Å². The zero-order chi connectivity index (χ0) is 18.8. The number of carbonyl (C=O) groups excluding carboxylic acids is 2. The Balaban J connectivity index is 1.65. The third-order valence-electron chi connectivity index (χ3n) is 4.41. The van der Waals surface area contributed by atoms with E-state index in [4.69, 9.17) is 4.42 Å². The van der Waals surface area contributed by atoms with E-state index >= 15 is 0 Å². The molecule has 5 nitrogen and oxygen atoms in total. The SMILES string of the molecule is CCN1C(=O)c2ccccc2Sc2ccc(C(=O)NCc3ccco3)cc21. The van der Waals surface area contributed by atoms with E-state index in [0.29, 0.717) is 30.0 Å². The van der Waals surface area contributed by atoms with E-state index in [9.17, 15) is 9.59 Å². The first-order valence-corrected chi connectivity index (χ1v) is 9.52. The Morgan fingerprint density at radius 1 is 1.11 bits per heavy atom. The van der Waals surface area contributed by atoms with Crippen molar-refractivity contribution in [3.63, 3.8) is 0 Å². The second-order valence-electron chi connectivity index (χ2n) is 6.09. The van der Waals surface area contributed by atoms with Crippen LogP contribution in [0.25, 0.3) is 0 Å². The molecule has 27 heavy (non-hydrogen) atoms. The van der Waals surface area contributed by atoms with E-state index in [0.717, 1.165) is 15.5 Å². The monoisotopic (exact) mass is 378 g/mol. The number of benzene rings is 2. The Labute approximate surface area is 161 Å². The van der Waals surface area contributed by atoms with Crippen LogP contribution in [0.4, 0.5) is 5.69 Å². The van der Waals surface area contributed by atoms with Gasteiger partial charge in [-0.05, 0) is 49.4 Å². The fourth-order valence-electron chi connectivity index (χ4n) is 3.06. The van der Waals surface area contributed by atoms with Crippen molar-refractivity contribution in [2.24, 2.45) is 0 Å². The first-order chi connectivity index (χ1) is 13.2. The number of hydrogen-bond donors (Lipinski definition) is 1. The summed E-state index contributed by atoms with van der Waals surface area (Å²) in [7, 11) is 0. The maximum Gasteiger partial charge on any atom is 0.259 e. The average molecular weight is 378 g/mol. The number of nitrogens with zero attached hydrogens (tertiary/aromatic N) is 1. The first-order valence-electron chi connectivity index (χ1n) is 8.70. The normalized spacial score (nSPS) is 12.9. The number of hydrogen-bond acceptors (Lipinski definition) is 4. The zero-order valence-electron chi connectivity index (χ0n) is 14.8. The molecule has 4 rings (SSSR count). The lowest BCUT2D eigenvalue weighted by molar-refractivity contribution is 0.0945. The fraction of sp³-hybridized carbons (Fsp3) is 0.143. The van der Waals surface area contributed by atoms with Crippen LogP contribution < -0.4 is 10.2 Å². The first kappa shape index (κ1) is 17.4. The Hall–Kier alpha value is -2.99. The minimum absolute atomic E-state index is 0.0486. The van der Waals surface area contributed by atoms with E-state index in [-0.39, 0.29) is 11.8 Å².